The lowest BCUT2D eigenvalue weighted by molar-refractivity contribution is -0.140. The molecule has 0 aliphatic heterocycles. The molecule has 2 atom stereocenters. The monoisotopic (exact) mass is 279 g/mol. The first-order valence-corrected chi connectivity index (χ1v) is 8.02. The van der Waals surface area contributed by atoms with Crippen molar-refractivity contribution in [1.82, 2.24) is 4.72 Å². The van der Waals surface area contributed by atoms with Crippen LogP contribution in [0.25, 0.3) is 0 Å². The van der Waals surface area contributed by atoms with E-state index in [2.05, 4.69) is 23.3 Å². The van der Waals surface area contributed by atoms with Crippen molar-refractivity contribution in [2.45, 2.75) is 52.5 Å². The molecule has 1 N–H and O–H groups in total. The molecule has 18 heavy (non-hydrogen) atoms. The number of esters is 1. The zero-order valence-electron chi connectivity index (χ0n) is 11.7. The predicted molar refractivity (Wildman–Crippen MR) is 71.7 cm³/mol. The summed E-state index contributed by atoms with van der Waals surface area (Å²) in [5.41, 5.74) is 0. The number of rotatable bonds is 9. The Morgan fingerprint density at radius 2 is 1.94 bits per heavy atom. The third kappa shape index (κ3) is 8.47. The standard InChI is InChI=1S/C12H25NO4S/c1-5-10(2)9-11(3)13-18(15,16)8-6-7-12(14)17-4/h10-11,13H,5-9H2,1-4H3. The molecule has 0 heterocycles. The summed E-state index contributed by atoms with van der Waals surface area (Å²) >= 11 is 0. The minimum absolute atomic E-state index is 0.0348. The molecular weight excluding hydrogens is 254 g/mol. The van der Waals surface area contributed by atoms with Crippen molar-refractivity contribution in [3.63, 3.8) is 0 Å². The van der Waals surface area contributed by atoms with E-state index in [4.69, 9.17) is 0 Å². The van der Waals surface area contributed by atoms with Gasteiger partial charge < -0.3 is 4.74 Å². The van der Waals surface area contributed by atoms with E-state index in [1.54, 1.807) is 0 Å². The van der Waals surface area contributed by atoms with Crippen LogP contribution in [0.2, 0.25) is 0 Å². The summed E-state index contributed by atoms with van der Waals surface area (Å²) in [5, 5.41) is 0. The third-order valence-electron chi connectivity index (χ3n) is 2.86. The van der Waals surface area contributed by atoms with Gasteiger partial charge in [-0.15, -0.1) is 0 Å². The maximum atomic E-state index is 11.7. The van der Waals surface area contributed by atoms with Gasteiger partial charge in [0.05, 0.1) is 12.9 Å². The van der Waals surface area contributed by atoms with Crippen LogP contribution in [0.4, 0.5) is 0 Å². The van der Waals surface area contributed by atoms with Gasteiger partial charge in [-0.25, -0.2) is 13.1 Å². The Morgan fingerprint density at radius 3 is 2.44 bits per heavy atom. The van der Waals surface area contributed by atoms with Crippen molar-refractivity contribution in [1.29, 1.82) is 0 Å². The average Bonchev–Trinajstić information content (AvgIpc) is 2.27. The zero-order valence-corrected chi connectivity index (χ0v) is 12.5. The summed E-state index contributed by atoms with van der Waals surface area (Å²) in [6.07, 6.45) is 2.29. The van der Waals surface area contributed by atoms with Crippen molar-refractivity contribution in [3.8, 4) is 0 Å². The molecule has 0 bridgehead atoms. The molecule has 6 heteroatoms. The molecule has 2 unspecified atom stereocenters. The molecule has 0 aliphatic carbocycles. The zero-order chi connectivity index (χ0) is 14.2. The Labute approximate surface area is 110 Å². The van der Waals surface area contributed by atoms with Crippen LogP contribution >= 0.6 is 0 Å². The quantitative estimate of drug-likeness (QED) is 0.652. The topological polar surface area (TPSA) is 72.5 Å². The van der Waals surface area contributed by atoms with E-state index in [9.17, 15) is 13.2 Å². The van der Waals surface area contributed by atoms with Gasteiger partial charge in [0.25, 0.3) is 0 Å². The minimum atomic E-state index is -3.30. The van der Waals surface area contributed by atoms with Gasteiger partial charge in [0.2, 0.25) is 10.0 Å². The molecule has 0 rings (SSSR count). The van der Waals surface area contributed by atoms with Gasteiger partial charge in [0, 0.05) is 12.5 Å². The summed E-state index contributed by atoms with van der Waals surface area (Å²) in [6.45, 7) is 6.05. The molecule has 0 spiro atoms. The van der Waals surface area contributed by atoms with E-state index < -0.39 is 10.0 Å². The molecular formula is C12H25NO4S. The lowest BCUT2D eigenvalue weighted by Crippen LogP contribution is -2.35. The van der Waals surface area contributed by atoms with Gasteiger partial charge in [-0.2, -0.15) is 0 Å². The van der Waals surface area contributed by atoms with Crippen LogP contribution in [0, 0.1) is 5.92 Å². The molecule has 0 amide bonds. The molecule has 0 saturated carbocycles. The SMILES string of the molecule is CCC(C)CC(C)NS(=O)(=O)CCCC(=O)OC. The molecule has 108 valence electrons. The van der Waals surface area contributed by atoms with E-state index in [1.165, 1.54) is 7.11 Å². The second-order valence-electron chi connectivity index (χ2n) is 4.77. The lowest BCUT2D eigenvalue weighted by atomic mass is 10.0. The maximum Gasteiger partial charge on any atom is 0.305 e. The molecule has 5 nitrogen and oxygen atoms in total. The van der Waals surface area contributed by atoms with Crippen molar-refractivity contribution in [2.75, 3.05) is 12.9 Å². The molecule has 0 aromatic heterocycles. The Bertz CT molecular complexity index is 340. The Kier molecular flexibility index (Phi) is 8.18. The van der Waals surface area contributed by atoms with Crippen LogP contribution in [0.15, 0.2) is 0 Å². The summed E-state index contributed by atoms with van der Waals surface area (Å²) in [7, 11) is -2.00. The fraction of sp³-hybridized carbons (Fsp3) is 0.917. The van der Waals surface area contributed by atoms with Crippen LogP contribution in [0.1, 0.15) is 46.5 Å². The number of hydrogen-bond donors (Lipinski definition) is 1. The first kappa shape index (κ1) is 17.4. The summed E-state index contributed by atoms with van der Waals surface area (Å²) < 4.78 is 30.5. The second-order valence-corrected chi connectivity index (χ2v) is 6.64. The molecule has 0 aliphatic rings. The van der Waals surface area contributed by atoms with Crippen molar-refractivity contribution >= 4 is 16.0 Å². The number of carbonyl (C=O) groups excluding carboxylic acids is 1. The van der Waals surface area contributed by atoms with E-state index in [0.29, 0.717) is 5.92 Å². The lowest BCUT2D eigenvalue weighted by Gasteiger charge is -2.17. The van der Waals surface area contributed by atoms with E-state index >= 15 is 0 Å². The first-order valence-electron chi connectivity index (χ1n) is 6.37. The highest BCUT2D eigenvalue weighted by Crippen LogP contribution is 2.10. The summed E-state index contributed by atoms with van der Waals surface area (Å²) in [4.78, 5) is 10.9. The van der Waals surface area contributed by atoms with Crippen LogP contribution in [0.3, 0.4) is 0 Å². The van der Waals surface area contributed by atoms with E-state index in [0.717, 1.165) is 12.8 Å². The number of hydrogen-bond acceptors (Lipinski definition) is 4. The van der Waals surface area contributed by atoms with E-state index in [1.807, 2.05) is 6.92 Å². The fourth-order valence-corrected chi connectivity index (χ4v) is 3.04. The molecule has 0 radical (unpaired) electrons. The van der Waals surface area contributed by atoms with Gasteiger partial charge in [-0.1, -0.05) is 20.3 Å². The number of ether oxygens (including phenoxy) is 1. The van der Waals surface area contributed by atoms with Crippen LogP contribution in [-0.4, -0.2) is 33.3 Å². The predicted octanol–water partition coefficient (Wildman–Crippen LogP) is 1.68. The van der Waals surface area contributed by atoms with Gasteiger partial charge in [-0.05, 0) is 25.7 Å². The summed E-state index contributed by atoms with van der Waals surface area (Å²) in [5.74, 6) is 0.0862. The average molecular weight is 279 g/mol. The molecule has 0 fully saturated rings. The van der Waals surface area contributed by atoms with Crippen molar-refractivity contribution < 1.29 is 17.9 Å². The molecule has 0 saturated heterocycles. The van der Waals surface area contributed by atoms with Crippen LogP contribution < -0.4 is 4.72 Å². The Hall–Kier alpha value is -0.620. The normalized spacial score (nSPS) is 15.1. The second kappa shape index (κ2) is 8.48. The van der Waals surface area contributed by atoms with Crippen LogP contribution in [-0.2, 0) is 19.6 Å². The summed E-state index contributed by atoms with van der Waals surface area (Å²) in [6, 6.07) is -0.0666. The number of methoxy groups -OCH3 is 1. The molecule has 0 aromatic rings. The van der Waals surface area contributed by atoms with Crippen molar-refractivity contribution in [3.05, 3.63) is 0 Å². The minimum Gasteiger partial charge on any atom is -0.469 e. The maximum absolute atomic E-state index is 11.7. The molecule has 0 aromatic carbocycles. The van der Waals surface area contributed by atoms with Gasteiger partial charge in [-0.3, -0.25) is 4.79 Å². The highest BCUT2D eigenvalue weighted by Gasteiger charge is 2.16. The Balaban J connectivity index is 4.03. The van der Waals surface area contributed by atoms with Crippen molar-refractivity contribution in [2.24, 2.45) is 5.92 Å². The number of sulfonamides is 1. The van der Waals surface area contributed by atoms with Gasteiger partial charge in [0.1, 0.15) is 0 Å². The van der Waals surface area contributed by atoms with Gasteiger partial charge >= 0.3 is 5.97 Å². The first-order chi connectivity index (χ1) is 8.30. The Morgan fingerprint density at radius 1 is 1.33 bits per heavy atom. The number of nitrogens with one attached hydrogen (secondary N) is 1. The highest BCUT2D eigenvalue weighted by molar-refractivity contribution is 7.89. The smallest absolute Gasteiger partial charge is 0.305 e. The van der Waals surface area contributed by atoms with Gasteiger partial charge in [0.15, 0.2) is 0 Å². The third-order valence-corrected chi connectivity index (χ3v) is 4.44. The van der Waals surface area contributed by atoms with E-state index in [-0.39, 0.29) is 30.6 Å². The largest absolute Gasteiger partial charge is 0.469 e. The van der Waals surface area contributed by atoms with Crippen LogP contribution in [0.5, 0.6) is 0 Å². The number of carbonyl (C=O) groups is 1. The fourth-order valence-electron chi connectivity index (χ4n) is 1.69. The highest BCUT2D eigenvalue weighted by atomic mass is 32.2.